The van der Waals surface area contributed by atoms with Gasteiger partial charge in [0, 0.05) is 31.9 Å². The molecule has 2 heterocycles. The summed E-state index contributed by atoms with van der Waals surface area (Å²) in [5, 5.41) is 0. The van der Waals surface area contributed by atoms with Crippen LogP contribution < -0.4 is 0 Å². The second-order valence-electron chi connectivity index (χ2n) is 7.55. The van der Waals surface area contributed by atoms with Crippen LogP contribution in [0.2, 0.25) is 0 Å². The fourth-order valence-electron chi connectivity index (χ4n) is 3.97. The number of hydrogen-bond acceptors (Lipinski definition) is 4. The van der Waals surface area contributed by atoms with Crippen LogP contribution in [-0.4, -0.2) is 41.5 Å². The van der Waals surface area contributed by atoms with Gasteiger partial charge >= 0.3 is 5.97 Å². The Labute approximate surface area is 170 Å². The minimum Gasteiger partial charge on any atom is -0.466 e. The van der Waals surface area contributed by atoms with E-state index in [-0.39, 0.29) is 37.3 Å². The highest BCUT2D eigenvalue weighted by Crippen LogP contribution is 2.36. The number of benzene rings is 1. The largest absolute Gasteiger partial charge is 0.466 e. The number of rotatable bonds is 7. The number of ether oxygens (including phenoxy) is 1. The summed E-state index contributed by atoms with van der Waals surface area (Å²) in [5.41, 5.74) is 0.562. The molecule has 0 unspecified atom stereocenters. The predicted molar refractivity (Wildman–Crippen MR) is 108 cm³/mol. The number of carbonyl (C=O) groups excluding carboxylic acids is 2. The molecule has 3 rings (SSSR count). The normalized spacial score (nSPS) is 19.0. The van der Waals surface area contributed by atoms with Crippen molar-refractivity contribution < 1.29 is 18.7 Å². The second-order valence-corrected chi connectivity index (χ2v) is 7.55. The summed E-state index contributed by atoms with van der Waals surface area (Å²) >= 11 is 0. The number of aryl methyl sites for hydroxylation is 1. The molecule has 2 aromatic rings. The molecule has 1 aromatic carbocycles. The number of amides is 1. The highest BCUT2D eigenvalue weighted by Gasteiger charge is 2.45. The molecule has 1 aliphatic rings. The summed E-state index contributed by atoms with van der Waals surface area (Å²) in [6.45, 7) is 2.87. The molecule has 0 saturated carbocycles. The first-order valence-electron chi connectivity index (χ1n) is 10.1. The monoisotopic (exact) mass is 398 g/mol. The summed E-state index contributed by atoms with van der Waals surface area (Å²) in [5.74, 6) is -0.694. The molecule has 0 bridgehead atoms. The number of pyridine rings is 1. The Balaban J connectivity index is 1.75. The molecule has 1 aromatic heterocycles. The molecule has 1 saturated heterocycles. The highest BCUT2D eigenvalue weighted by molar-refractivity contribution is 5.81. The van der Waals surface area contributed by atoms with Gasteiger partial charge in [0.2, 0.25) is 5.91 Å². The fraction of sp³-hybridized carbons (Fsp3) is 0.435. The van der Waals surface area contributed by atoms with Crippen molar-refractivity contribution in [3.63, 3.8) is 0 Å². The molecule has 1 aliphatic heterocycles. The lowest BCUT2D eigenvalue weighted by atomic mass is 9.74. The predicted octanol–water partition coefficient (Wildman–Crippen LogP) is 3.57. The van der Waals surface area contributed by atoms with Gasteiger partial charge in [0.05, 0.1) is 12.0 Å². The van der Waals surface area contributed by atoms with E-state index >= 15 is 0 Å². The van der Waals surface area contributed by atoms with Crippen molar-refractivity contribution in [1.82, 2.24) is 9.88 Å². The van der Waals surface area contributed by atoms with Crippen LogP contribution in [0.1, 0.15) is 37.3 Å². The van der Waals surface area contributed by atoms with Crippen LogP contribution in [0, 0.1) is 11.2 Å². The van der Waals surface area contributed by atoms with Crippen LogP contribution in [0.3, 0.4) is 0 Å². The van der Waals surface area contributed by atoms with Gasteiger partial charge in [-0.2, -0.15) is 0 Å². The number of piperidine rings is 1. The van der Waals surface area contributed by atoms with E-state index < -0.39 is 5.41 Å². The van der Waals surface area contributed by atoms with Gasteiger partial charge in [-0.1, -0.05) is 24.3 Å². The van der Waals surface area contributed by atoms with Gasteiger partial charge in [-0.25, -0.2) is 4.39 Å². The molecule has 1 atom stereocenters. The van der Waals surface area contributed by atoms with Gasteiger partial charge in [-0.15, -0.1) is 0 Å². The van der Waals surface area contributed by atoms with E-state index in [2.05, 4.69) is 4.98 Å². The lowest BCUT2D eigenvalue weighted by Crippen LogP contribution is -2.51. The first kappa shape index (κ1) is 21.0. The first-order valence-corrected chi connectivity index (χ1v) is 10.1. The number of esters is 1. The highest BCUT2D eigenvalue weighted by atomic mass is 19.1. The van der Waals surface area contributed by atoms with Gasteiger partial charge in [-0.05, 0) is 55.9 Å². The molecule has 1 fully saturated rings. The number of carbonyl (C=O) groups is 2. The molecular formula is C23H27FN2O3. The van der Waals surface area contributed by atoms with Gasteiger partial charge < -0.3 is 9.64 Å². The van der Waals surface area contributed by atoms with Crippen LogP contribution in [-0.2, 0) is 27.2 Å². The van der Waals surface area contributed by atoms with E-state index in [1.165, 1.54) is 6.07 Å². The summed E-state index contributed by atoms with van der Waals surface area (Å²) < 4.78 is 19.6. The van der Waals surface area contributed by atoms with E-state index in [0.717, 1.165) is 5.56 Å². The fourth-order valence-corrected chi connectivity index (χ4v) is 3.97. The summed E-state index contributed by atoms with van der Waals surface area (Å²) in [6, 6.07) is 10.3. The van der Waals surface area contributed by atoms with Crippen LogP contribution in [0.25, 0.3) is 0 Å². The van der Waals surface area contributed by atoms with Gasteiger partial charge in [0.15, 0.2) is 0 Å². The molecular weight excluding hydrogens is 371 g/mol. The lowest BCUT2D eigenvalue weighted by Gasteiger charge is -2.41. The van der Waals surface area contributed by atoms with Crippen molar-refractivity contribution in [3.8, 4) is 0 Å². The van der Waals surface area contributed by atoms with Crippen LogP contribution >= 0.6 is 0 Å². The summed E-state index contributed by atoms with van der Waals surface area (Å²) in [7, 11) is 0. The van der Waals surface area contributed by atoms with Crippen molar-refractivity contribution in [2.24, 2.45) is 5.41 Å². The zero-order chi connectivity index (χ0) is 20.7. The Bertz CT molecular complexity index is 843. The first-order chi connectivity index (χ1) is 14.0. The third-order valence-electron chi connectivity index (χ3n) is 5.48. The maximum atomic E-state index is 14.3. The van der Waals surface area contributed by atoms with Crippen LogP contribution in [0.15, 0.2) is 48.8 Å². The number of nitrogens with zero attached hydrogens (tertiary/aromatic N) is 2. The zero-order valence-electron chi connectivity index (χ0n) is 16.8. The van der Waals surface area contributed by atoms with Crippen LogP contribution in [0.4, 0.5) is 4.39 Å². The van der Waals surface area contributed by atoms with E-state index in [1.807, 2.05) is 12.1 Å². The average Bonchev–Trinajstić information content (AvgIpc) is 2.75. The SMILES string of the molecule is CCOC(=O)[C@]1(Cc2ccccc2F)CCCN(C(=O)CCc2cccnc2)C1. The van der Waals surface area contributed by atoms with Gasteiger partial charge in [0.1, 0.15) is 5.82 Å². The van der Waals surface area contributed by atoms with E-state index in [0.29, 0.717) is 37.8 Å². The molecule has 1 amide bonds. The number of likely N-dealkylation sites (tertiary alicyclic amines) is 1. The molecule has 0 radical (unpaired) electrons. The van der Waals surface area contributed by atoms with Crippen LogP contribution in [0.5, 0.6) is 0 Å². The molecule has 29 heavy (non-hydrogen) atoms. The lowest BCUT2D eigenvalue weighted by molar-refractivity contribution is -0.160. The van der Waals surface area contributed by atoms with Crippen molar-refractivity contribution in [2.75, 3.05) is 19.7 Å². The second kappa shape index (κ2) is 9.63. The molecule has 0 aliphatic carbocycles. The Morgan fingerprint density at radius 3 is 2.79 bits per heavy atom. The van der Waals surface area contributed by atoms with E-state index in [9.17, 15) is 14.0 Å². The smallest absolute Gasteiger partial charge is 0.314 e. The maximum Gasteiger partial charge on any atom is 0.314 e. The minimum absolute atomic E-state index is 0.00393. The van der Waals surface area contributed by atoms with Crippen molar-refractivity contribution in [3.05, 3.63) is 65.7 Å². The average molecular weight is 398 g/mol. The van der Waals surface area contributed by atoms with E-state index in [4.69, 9.17) is 4.74 Å². The summed E-state index contributed by atoms with van der Waals surface area (Å²) in [4.78, 5) is 31.5. The quantitative estimate of drug-likeness (QED) is 0.669. The standard InChI is InChI=1S/C23H27FN2O3/c1-2-29-22(28)23(15-19-8-3-4-9-20(19)24)12-6-14-26(17-23)21(27)11-10-18-7-5-13-25-16-18/h3-5,7-9,13,16H,2,6,10-12,14-15,17H2,1H3/t23-/m0/s1. The third-order valence-corrected chi connectivity index (χ3v) is 5.48. The molecule has 6 heteroatoms. The Morgan fingerprint density at radius 2 is 2.07 bits per heavy atom. The van der Waals surface area contributed by atoms with Crippen molar-refractivity contribution in [1.29, 1.82) is 0 Å². The van der Waals surface area contributed by atoms with E-state index in [1.54, 1.807) is 42.4 Å². The van der Waals surface area contributed by atoms with Crippen molar-refractivity contribution >= 4 is 11.9 Å². The molecule has 0 N–H and O–H groups in total. The summed E-state index contributed by atoms with van der Waals surface area (Å²) in [6.07, 6.45) is 5.90. The number of halogens is 1. The van der Waals surface area contributed by atoms with Gasteiger partial charge in [0.25, 0.3) is 0 Å². The van der Waals surface area contributed by atoms with Crippen molar-refractivity contribution in [2.45, 2.75) is 39.0 Å². The molecule has 154 valence electrons. The van der Waals surface area contributed by atoms with Gasteiger partial charge in [-0.3, -0.25) is 14.6 Å². The minimum atomic E-state index is -0.916. The topological polar surface area (TPSA) is 59.5 Å². The maximum absolute atomic E-state index is 14.3. The Hall–Kier alpha value is -2.76. The number of hydrogen-bond donors (Lipinski definition) is 0. The third kappa shape index (κ3) is 5.19. The Kier molecular flexibility index (Phi) is 6.96. The zero-order valence-corrected chi connectivity index (χ0v) is 16.8. The number of aromatic nitrogens is 1. The Morgan fingerprint density at radius 1 is 1.24 bits per heavy atom. The molecule has 5 nitrogen and oxygen atoms in total. The molecule has 0 spiro atoms.